The van der Waals surface area contributed by atoms with Gasteiger partial charge in [0.05, 0.1) is 5.92 Å². The van der Waals surface area contributed by atoms with Crippen molar-refractivity contribution in [1.29, 1.82) is 0 Å². The fourth-order valence-corrected chi connectivity index (χ4v) is 3.41. The van der Waals surface area contributed by atoms with E-state index in [9.17, 15) is 19.5 Å². The smallest absolute Gasteiger partial charge is 0.327 e. The van der Waals surface area contributed by atoms with Gasteiger partial charge in [-0.3, -0.25) is 4.79 Å². The molecule has 2 heterocycles. The van der Waals surface area contributed by atoms with E-state index >= 15 is 0 Å². The first-order valence-electron chi connectivity index (χ1n) is 7.31. The number of carboxylic acids is 1. The van der Waals surface area contributed by atoms with Crippen LogP contribution in [0.3, 0.4) is 0 Å². The molecule has 2 rings (SSSR count). The van der Waals surface area contributed by atoms with Crippen LogP contribution in [0.2, 0.25) is 0 Å². The highest BCUT2D eigenvalue weighted by molar-refractivity contribution is 5.85. The number of aliphatic carboxylic acids is 1. The minimum atomic E-state index is -0.973. The van der Waals surface area contributed by atoms with Gasteiger partial charge in [0.25, 0.3) is 0 Å². The number of carbonyl (C=O) groups is 3. The molecular weight excluding hydrogens is 274 g/mol. The molecule has 7 heteroatoms. The van der Waals surface area contributed by atoms with E-state index in [1.807, 2.05) is 13.8 Å². The Morgan fingerprint density at radius 2 is 1.90 bits per heavy atom. The fraction of sp³-hybridized carbons (Fsp3) is 0.786. The fourth-order valence-electron chi connectivity index (χ4n) is 3.41. The second-order valence-electron chi connectivity index (χ2n) is 6.64. The van der Waals surface area contributed by atoms with Gasteiger partial charge in [0.2, 0.25) is 5.91 Å². The number of carboxylic acid groups (broad SMARTS) is 1. The molecule has 0 bridgehead atoms. The van der Waals surface area contributed by atoms with E-state index in [-0.39, 0.29) is 18.5 Å². The molecular formula is C14H23N3O4. The van der Waals surface area contributed by atoms with Gasteiger partial charge in [-0.05, 0) is 24.7 Å². The lowest BCUT2D eigenvalue weighted by molar-refractivity contribution is -0.148. The quantitative estimate of drug-likeness (QED) is 0.774. The number of urea groups is 1. The molecule has 7 nitrogen and oxygen atoms in total. The lowest BCUT2D eigenvalue weighted by Crippen LogP contribution is -2.59. The van der Waals surface area contributed by atoms with Crippen LogP contribution in [0, 0.1) is 11.3 Å². The van der Waals surface area contributed by atoms with Gasteiger partial charge in [-0.2, -0.15) is 0 Å². The van der Waals surface area contributed by atoms with E-state index in [1.54, 1.807) is 4.90 Å². The van der Waals surface area contributed by atoms with Crippen molar-refractivity contribution in [1.82, 2.24) is 9.80 Å². The third-order valence-electron chi connectivity index (χ3n) is 4.61. The van der Waals surface area contributed by atoms with Crippen molar-refractivity contribution < 1.29 is 19.5 Å². The Kier molecular flexibility index (Phi) is 4.11. The number of hydrogen-bond acceptors (Lipinski definition) is 3. The summed E-state index contributed by atoms with van der Waals surface area (Å²) in [7, 11) is 0. The number of hydrogen-bond donors (Lipinski definition) is 2. The van der Waals surface area contributed by atoms with Crippen LogP contribution in [0.25, 0.3) is 0 Å². The highest BCUT2D eigenvalue weighted by Gasteiger charge is 2.46. The summed E-state index contributed by atoms with van der Waals surface area (Å²) < 4.78 is 0. The Morgan fingerprint density at radius 3 is 2.43 bits per heavy atom. The maximum absolute atomic E-state index is 12.6. The number of nitrogens with zero attached hydrogens (tertiary/aromatic N) is 2. The molecule has 2 atom stereocenters. The van der Waals surface area contributed by atoms with Gasteiger partial charge in [0, 0.05) is 19.6 Å². The number of amides is 3. The van der Waals surface area contributed by atoms with Crippen molar-refractivity contribution in [2.24, 2.45) is 17.1 Å². The Hall–Kier alpha value is -1.79. The van der Waals surface area contributed by atoms with E-state index in [4.69, 9.17) is 5.73 Å². The van der Waals surface area contributed by atoms with Crippen LogP contribution in [0.5, 0.6) is 0 Å². The van der Waals surface area contributed by atoms with E-state index in [1.165, 1.54) is 4.90 Å². The summed E-state index contributed by atoms with van der Waals surface area (Å²) in [6.07, 6.45) is 2.11. The number of piperidine rings is 1. The average Bonchev–Trinajstić information content (AvgIpc) is 2.85. The van der Waals surface area contributed by atoms with Crippen molar-refractivity contribution in [3.05, 3.63) is 0 Å². The monoisotopic (exact) mass is 297 g/mol. The van der Waals surface area contributed by atoms with Crippen LogP contribution in [-0.4, -0.2) is 58.5 Å². The van der Waals surface area contributed by atoms with E-state index in [0.717, 1.165) is 12.8 Å². The van der Waals surface area contributed by atoms with Gasteiger partial charge >= 0.3 is 12.0 Å². The van der Waals surface area contributed by atoms with E-state index in [0.29, 0.717) is 19.5 Å². The molecule has 0 aromatic carbocycles. The third kappa shape index (κ3) is 2.96. The second kappa shape index (κ2) is 5.54. The number of likely N-dealkylation sites (tertiary alicyclic amines) is 2. The lowest BCUT2D eigenvalue weighted by atomic mass is 9.76. The summed E-state index contributed by atoms with van der Waals surface area (Å²) >= 11 is 0. The predicted octanol–water partition coefficient (Wildman–Crippen LogP) is 0.489. The molecule has 0 spiro atoms. The standard InChI is InChI=1S/C14H23N3O4/c1-14(2)5-3-6-17(10(14)12(19)20)13(21)16-7-4-9(8-16)11(15)18/h9-10H,3-8H2,1-2H3,(H2,15,18)(H,19,20). The summed E-state index contributed by atoms with van der Waals surface area (Å²) in [4.78, 5) is 38.4. The highest BCUT2D eigenvalue weighted by atomic mass is 16.4. The predicted molar refractivity (Wildman–Crippen MR) is 75.4 cm³/mol. The SMILES string of the molecule is CC1(C)CCCN(C(=O)N2CCC(C(N)=O)C2)C1C(=O)O. The minimum absolute atomic E-state index is 0.289. The summed E-state index contributed by atoms with van der Waals surface area (Å²) in [6, 6.07) is -1.12. The topological polar surface area (TPSA) is 104 Å². The van der Waals surface area contributed by atoms with Crippen LogP contribution in [0.15, 0.2) is 0 Å². The molecule has 118 valence electrons. The molecule has 2 unspecified atom stereocenters. The van der Waals surface area contributed by atoms with Gasteiger partial charge in [0.1, 0.15) is 6.04 Å². The summed E-state index contributed by atoms with van der Waals surface area (Å²) in [5, 5.41) is 9.49. The molecule has 0 aromatic rings. The molecule has 2 saturated heterocycles. The molecule has 0 aliphatic carbocycles. The van der Waals surface area contributed by atoms with Gasteiger partial charge in [-0.1, -0.05) is 13.8 Å². The minimum Gasteiger partial charge on any atom is -0.480 e. The Labute approximate surface area is 124 Å². The molecule has 21 heavy (non-hydrogen) atoms. The maximum Gasteiger partial charge on any atom is 0.327 e. The molecule has 3 N–H and O–H groups in total. The second-order valence-corrected chi connectivity index (χ2v) is 6.64. The van der Waals surface area contributed by atoms with Gasteiger partial charge in [-0.15, -0.1) is 0 Å². The van der Waals surface area contributed by atoms with Crippen molar-refractivity contribution in [2.45, 2.75) is 39.2 Å². The summed E-state index contributed by atoms with van der Waals surface area (Å²) in [6.45, 7) is 4.94. The van der Waals surface area contributed by atoms with E-state index in [2.05, 4.69) is 0 Å². The Morgan fingerprint density at radius 1 is 1.24 bits per heavy atom. The largest absolute Gasteiger partial charge is 0.480 e. The van der Waals surface area contributed by atoms with Crippen molar-refractivity contribution >= 4 is 17.9 Å². The van der Waals surface area contributed by atoms with Crippen LogP contribution >= 0.6 is 0 Å². The summed E-state index contributed by atoms with van der Waals surface area (Å²) in [5.41, 5.74) is 4.82. The highest BCUT2D eigenvalue weighted by Crippen LogP contribution is 2.36. The van der Waals surface area contributed by atoms with E-state index < -0.39 is 23.3 Å². The molecule has 2 fully saturated rings. The number of primary amides is 1. The molecule has 2 aliphatic heterocycles. The molecule has 3 amide bonds. The van der Waals surface area contributed by atoms with Crippen LogP contribution < -0.4 is 5.73 Å². The maximum atomic E-state index is 12.6. The Balaban J connectivity index is 2.14. The molecule has 0 aromatic heterocycles. The number of carbonyl (C=O) groups excluding carboxylic acids is 2. The van der Waals surface area contributed by atoms with Crippen LogP contribution in [0.1, 0.15) is 33.1 Å². The van der Waals surface area contributed by atoms with Crippen LogP contribution in [0.4, 0.5) is 4.79 Å². The van der Waals surface area contributed by atoms with Gasteiger partial charge in [-0.25, -0.2) is 9.59 Å². The first kappa shape index (κ1) is 15.6. The normalized spacial score (nSPS) is 28.5. The van der Waals surface area contributed by atoms with Crippen molar-refractivity contribution in [2.75, 3.05) is 19.6 Å². The first-order valence-corrected chi connectivity index (χ1v) is 7.31. The Bertz CT molecular complexity index is 463. The zero-order valence-corrected chi connectivity index (χ0v) is 12.5. The third-order valence-corrected chi connectivity index (χ3v) is 4.61. The van der Waals surface area contributed by atoms with Crippen molar-refractivity contribution in [3.8, 4) is 0 Å². The number of rotatable bonds is 2. The number of nitrogens with two attached hydrogens (primary N) is 1. The molecule has 0 saturated carbocycles. The average molecular weight is 297 g/mol. The zero-order valence-electron chi connectivity index (χ0n) is 12.5. The first-order chi connectivity index (χ1) is 9.74. The van der Waals surface area contributed by atoms with Gasteiger partial charge < -0.3 is 20.6 Å². The van der Waals surface area contributed by atoms with Gasteiger partial charge in [0.15, 0.2) is 0 Å². The molecule has 2 aliphatic rings. The van der Waals surface area contributed by atoms with Crippen LogP contribution in [-0.2, 0) is 9.59 Å². The zero-order chi connectivity index (χ0) is 15.8. The van der Waals surface area contributed by atoms with Crippen molar-refractivity contribution in [3.63, 3.8) is 0 Å². The molecule has 0 radical (unpaired) electrons. The summed E-state index contributed by atoms with van der Waals surface area (Å²) in [5.74, 6) is -1.70. The lowest BCUT2D eigenvalue weighted by Gasteiger charge is -2.45.